The van der Waals surface area contributed by atoms with Crippen LogP contribution in [0.5, 0.6) is 0 Å². The van der Waals surface area contributed by atoms with Gasteiger partial charge in [0.15, 0.2) is 5.11 Å². The van der Waals surface area contributed by atoms with Gasteiger partial charge in [0.25, 0.3) is 0 Å². The Morgan fingerprint density at radius 3 is 2.68 bits per heavy atom. The number of hydrazine groups is 1. The lowest BCUT2D eigenvalue weighted by atomic mass is 10.2. The fraction of sp³-hybridized carbons (Fsp3) is 0.385. The maximum absolute atomic E-state index is 11.5. The number of amides is 1. The predicted octanol–water partition coefficient (Wildman–Crippen LogP) is -0.153. The predicted molar refractivity (Wildman–Crippen MR) is 81.0 cm³/mol. The minimum atomic E-state index is -0.0745. The molecule has 0 spiro atoms. The topological polar surface area (TPSA) is 57.6 Å². The van der Waals surface area contributed by atoms with E-state index in [0.29, 0.717) is 11.5 Å². The number of quaternary nitrogens is 1. The molecule has 0 saturated heterocycles. The summed E-state index contributed by atoms with van der Waals surface area (Å²) in [7, 11) is 4.01. The van der Waals surface area contributed by atoms with Gasteiger partial charge in [-0.3, -0.25) is 15.6 Å². The zero-order valence-corrected chi connectivity index (χ0v) is 12.4. The molecule has 0 fully saturated rings. The first-order chi connectivity index (χ1) is 8.97. The highest BCUT2D eigenvalue weighted by Crippen LogP contribution is 2.08. The van der Waals surface area contributed by atoms with E-state index in [4.69, 9.17) is 12.2 Å². The molecular formula is C13H21N4OS+. The van der Waals surface area contributed by atoms with Gasteiger partial charge in [-0.25, -0.2) is 0 Å². The largest absolute Gasteiger partial charge is 0.339 e. The van der Waals surface area contributed by atoms with Crippen molar-refractivity contribution in [1.82, 2.24) is 10.9 Å². The van der Waals surface area contributed by atoms with Crippen LogP contribution in [0.15, 0.2) is 24.3 Å². The fourth-order valence-corrected chi connectivity index (χ4v) is 1.61. The molecule has 0 atom stereocenters. The summed E-state index contributed by atoms with van der Waals surface area (Å²) in [5.41, 5.74) is 7.29. The van der Waals surface area contributed by atoms with Gasteiger partial charge in [-0.05, 0) is 36.8 Å². The number of thiocarbonyl (C=S) groups is 1. The lowest BCUT2D eigenvalue weighted by molar-refractivity contribution is -0.857. The van der Waals surface area contributed by atoms with Crippen LogP contribution in [0.25, 0.3) is 0 Å². The molecule has 0 aliphatic heterocycles. The second-order valence-electron chi connectivity index (χ2n) is 4.70. The van der Waals surface area contributed by atoms with Gasteiger partial charge in [-0.15, -0.1) is 0 Å². The van der Waals surface area contributed by atoms with E-state index in [0.717, 1.165) is 17.8 Å². The Morgan fingerprint density at radius 1 is 1.32 bits per heavy atom. The second-order valence-corrected chi connectivity index (χ2v) is 5.11. The molecule has 0 aromatic heterocycles. The smallest absolute Gasteiger partial charge is 0.244 e. The van der Waals surface area contributed by atoms with E-state index < -0.39 is 0 Å². The zero-order valence-electron chi connectivity index (χ0n) is 11.5. The molecule has 1 rings (SSSR count). The number of hydrogen-bond donors (Lipinski definition) is 4. The molecule has 0 radical (unpaired) electrons. The molecular weight excluding hydrogens is 260 g/mol. The van der Waals surface area contributed by atoms with Crippen LogP contribution >= 0.6 is 12.2 Å². The molecule has 0 aliphatic rings. The van der Waals surface area contributed by atoms with Crippen molar-refractivity contribution < 1.29 is 9.69 Å². The van der Waals surface area contributed by atoms with E-state index >= 15 is 0 Å². The SMILES string of the molecule is Cc1cccc(NC(=S)NNC(=O)CC[NH+](C)C)c1. The molecule has 0 unspecified atom stereocenters. The summed E-state index contributed by atoms with van der Waals surface area (Å²) in [6, 6.07) is 7.84. The zero-order chi connectivity index (χ0) is 14.3. The summed E-state index contributed by atoms with van der Waals surface area (Å²) in [6.45, 7) is 2.79. The minimum absolute atomic E-state index is 0.0745. The van der Waals surface area contributed by atoms with Crippen LogP contribution in [0.4, 0.5) is 5.69 Å². The van der Waals surface area contributed by atoms with E-state index in [9.17, 15) is 4.79 Å². The third-order valence-electron chi connectivity index (χ3n) is 2.44. The average Bonchev–Trinajstić information content (AvgIpc) is 2.34. The Balaban J connectivity index is 2.30. The molecule has 6 heteroatoms. The van der Waals surface area contributed by atoms with Crippen molar-refractivity contribution in [3.63, 3.8) is 0 Å². The van der Waals surface area contributed by atoms with Crippen LogP contribution in [-0.4, -0.2) is 31.7 Å². The highest BCUT2D eigenvalue weighted by Gasteiger charge is 2.04. The van der Waals surface area contributed by atoms with Gasteiger partial charge in [-0.2, -0.15) is 0 Å². The van der Waals surface area contributed by atoms with Gasteiger partial charge in [-0.1, -0.05) is 12.1 Å². The number of nitrogens with one attached hydrogen (secondary N) is 4. The summed E-state index contributed by atoms with van der Waals surface area (Å²) < 4.78 is 0. The Kier molecular flexibility index (Phi) is 6.24. The first-order valence-corrected chi connectivity index (χ1v) is 6.59. The third-order valence-corrected chi connectivity index (χ3v) is 2.65. The van der Waals surface area contributed by atoms with Crippen molar-refractivity contribution in [2.24, 2.45) is 0 Å². The average molecular weight is 281 g/mol. The van der Waals surface area contributed by atoms with Crippen LogP contribution in [0.3, 0.4) is 0 Å². The van der Waals surface area contributed by atoms with E-state index in [-0.39, 0.29) is 5.91 Å². The van der Waals surface area contributed by atoms with Crippen molar-refractivity contribution >= 4 is 28.9 Å². The summed E-state index contributed by atoms with van der Waals surface area (Å²) >= 11 is 5.09. The Bertz CT molecular complexity index is 448. The maximum atomic E-state index is 11.5. The van der Waals surface area contributed by atoms with Gasteiger partial charge in [0.2, 0.25) is 5.91 Å². The number of carbonyl (C=O) groups excluding carboxylic acids is 1. The second kappa shape index (κ2) is 7.70. The number of aryl methyl sites for hydroxylation is 1. The number of rotatable bonds is 4. The molecule has 0 saturated carbocycles. The van der Waals surface area contributed by atoms with Crippen molar-refractivity contribution in [1.29, 1.82) is 0 Å². The van der Waals surface area contributed by atoms with Crippen molar-refractivity contribution in [2.75, 3.05) is 26.0 Å². The first-order valence-electron chi connectivity index (χ1n) is 6.19. The van der Waals surface area contributed by atoms with Crippen LogP contribution < -0.4 is 21.1 Å². The molecule has 1 amide bonds. The van der Waals surface area contributed by atoms with E-state index in [1.165, 1.54) is 4.90 Å². The van der Waals surface area contributed by atoms with Gasteiger partial charge in [0, 0.05) is 5.69 Å². The molecule has 104 valence electrons. The first kappa shape index (κ1) is 15.4. The Morgan fingerprint density at radius 2 is 2.05 bits per heavy atom. The maximum Gasteiger partial charge on any atom is 0.244 e. The van der Waals surface area contributed by atoms with Gasteiger partial charge in [0.05, 0.1) is 27.1 Å². The third kappa shape index (κ3) is 6.73. The molecule has 1 aromatic rings. The summed E-state index contributed by atoms with van der Waals surface area (Å²) in [4.78, 5) is 12.7. The van der Waals surface area contributed by atoms with Crippen LogP contribution in [0.2, 0.25) is 0 Å². The van der Waals surface area contributed by atoms with Crippen LogP contribution in [-0.2, 0) is 4.79 Å². The van der Waals surface area contributed by atoms with Gasteiger partial charge < -0.3 is 10.2 Å². The number of hydrogen-bond acceptors (Lipinski definition) is 2. The monoisotopic (exact) mass is 281 g/mol. The quantitative estimate of drug-likeness (QED) is 0.458. The van der Waals surface area contributed by atoms with Gasteiger partial charge >= 0.3 is 0 Å². The van der Waals surface area contributed by atoms with Crippen molar-refractivity contribution in [3.8, 4) is 0 Å². The normalized spacial score (nSPS) is 10.1. The Hall–Kier alpha value is -1.66. The lowest BCUT2D eigenvalue weighted by Gasteiger charge is -2.12. The minimum Gasteiger partial charge on any atom is -0.339 e. The molecule has 1 aromatic carbocycles. The van der Waals surface area contributed by atoms with Crippen LogP contribution in [0.1, 0.15) is 12.0 Å². The molecule has 4 N–H and O–H groups in total. The molecule has 0 aliphatic carbocycles. The number of anilines is 1. The highest BCUT2D eigenvalue weighted by molar-refractivity contribution is 7.80. The highest BCUT2D eigenvalue weighted by atomic mass is 32.1. The van der Waals surface area contributed by atoms with E-state index in [1.54, 1.807) is 0 Å². The molecule has 0 bridgehead atoms. The molecule has 5 nitrogen and oxygen atoms in total. The van der Waals surface area contributed by atoms with Gasteiger partial charge in [0.1, 0.15) is 0 Å². The van der Waals surface area contributed by atoms with E-state index in [2.05, 4.69) is 16.2 Å². The molecule has 19 heavy (non-hydrogen) atoms. The molecule has 0 heterocycles. The summed E-state index contributed by atoms with van der Waals surface area (Å²) in [6.07, 6.45) is 0.461. The lowest BCUT2D eigenvalue weighted by Crippen LogP contribution is -3.05. The summed E-state index contributed by atoms with van der Waals surface area (Å²) in [5.74, 6) is -0.0745. The Labute approximate surface area is 119 Å². The van der Waals surface area contributed by atoms with Crippen molar-refractivity contribution in [3.05, 3.63) is 29.8 Å². The fourth-order valence-electron chi connectivity index (χ4n) is 1.44. The number of benzene rings is 1. The van der Waals surface area contributed by atoms with Crippen molar-refractivity contribution in [2.45, 2.75) is 13.3 Å². The van der Waals surface area contributed by atoms with E-state index in [1.807, 2.05) is 45.3 Å². The van der Waals surface area contributed by atoms with Crippen LogP contribution in [0, 0.1) is 6.92 Å². The summed E-state index contributed by atoms with van der Waals surface area (Å²) in [5, 5.41) is 3.37. The number of carbonyl (C=O) groups is 1. The standard InChI is InChI=1S/C13H20N4OS/c1-10-5-4-6-11(9-10)14-13(19)16-15-12(18)7-8-17(2)3/h4-6,9H,7-8H2,1-3H3,(H,15,18)(H2,14,16,19)/p+1.